The zero-order valence-corrected chi connectivity index (χ0v) is 16.7. The van der Waals surface area contributed by atoms with Crippen molar-refractivity contribution >= 4 is 5.91 Å². The summed E-state index contributed by atoms with van der Waals surface area (Å²) in [6.07, 6.45) is 0. The summed E-state index contributed by atoms with van der Waals surface area (Å²) in [4.78, 5) is 21.3. The van der Waals surface area contributed by atoms with Gasteiger partial charge in [-0.1, -0.05) is 22.9 Å². The molecule has 150 valence electrons. The Morgan fingerprint density at radius 1 is 1.10 bits per heavy atom. The number of hydrogen-bond donors (Lipinski definition) is 0. The van der Waals surface area contributed by atoms with E-state index in [4.69, 9.17) is 9.26 Å². The highest BCUT2D eigenvalue weighted by atomic mass is 16.5. The minimum Gasteiger partial charge on any atom is -0.497 e. The van der Waals surface area contributed by atoms with Crippen molar-refractivity contribution < 1.29 is 14.1 Å². The second kappa shape index (κ2) is 8.45. The van der Waals surface area contributed by atoms with E-state index >= 15 is 0 Å². The fraction of sp³-hybridized carbons (Fsp3) is 0.318. The van der Waals surface area contributed by atoms with Crippen molar-refractivity contribution in [2.24, 2.45) is 0 Å². The second-order valence-corrected chi connectivity index (χ2v) is 7.18. The number of carbonyl (C=O) groups excluding carboxylic acids is 1. The van der Waals surface area contributed by atoms with Crippen LogP contribution in [0.2, 0.25) is 0 Å². The van der Waals surface area contributed by atoms with E-state index in [1.807, 2.05) is 60.4 Å². The third-order valence-corrected chi connectivity index (χ3v) is 5.10. The van der Waals surface area contributed by atoms with E-state index in [1.54, 1.807) is 7.11 Å². The lowest BCUT2D eigenvalue weighted by Crippen LogP contribution is -2.48. The number of methoxy groups -OCH3 is 1. The molecule has 0 saturated carbocycles. The molecule has 1 amide bonds. The molecule has 1 aromatic heterocycles. The van der Waals surface area contributed by atoms with Crippen LogP contribution in [0.15, 0.2) is 53.1 Å². The number of amides is 1. The Labute approximate surface area is 169 Å². The Morgan fingerprint density at radius 3 is 2.55 bits per heavy atom. The molecule has 0 aliphatic carbocycles. The van der Waals surface area contributed by atoms with Crippen molar-refractivity contribution in [2.45, 2.75) is 13.5 Å². The maximum atomic E-state index is 12.7. The van der Waals surface area contributed by atoms with Crippen LogP contribution in [0.3, 0.4) is 0 Å². The molecule has 0 atom stereocenters. The molecule has 0 spiro atoms. The van der Waals surface area contributed by atoms with E-state index in [0.29, 0.717) is 31.3 Å². The lowest BCUT2D eigenvalue weighted by atomic mass is 10.1. The number of benzene rings is 2. The monoisotopic (exact) mass is 392 g/mol. The van der Waals surface area contributed by atoms with Crippen molar-refractivity contribution in [1.29, 1.82) is 0 Å². The van der Waals surface area contributed by atoms with Gasteiger partial charge in [0.2, 0.25) is 11.7 Å². The summed E-state index contributed by atoms with van der Waals surface area (Å²) in [7, 11) is 1.63. The number of hydrogen-bond acceptors (Lipinski definition) is 6. The van der Waals surface area contributed by atoms with Crippen LogP contribution in [-0.2, 0) is 6.54 Å². The van der Waals surface area contributed by atoms with E-state index in [-0.39, 0.29) is 5.91 Å². The summed E-state index contributed by atoms with van der Waals surface area (Å²) in [5.41, 5.74) is 2.73. The predicted octanol–water partition coefficient (Wildman–Crippen LogP) is 3.01. The average molecular weight is 392 g/mol. The van der Waals surface area contributed by atoms with Crippen LogP contribution in [0.1, 0.15) is 21.8 Å². The Kier molecular flexibility index (Phi) is 5.57. The number of nitrogens with zero attached hydrogens (tertiary/aromatic N) is 4. The summed E-state index contributed by atoms with van der Waals surface area (Å²) in [5, 5.41) is 4.08. The molecule has 2 heterocycles. The third-order valence-electron chi connectivity index (χ3n) is 5.10. The minimum absolute atomic E-state index is 0.0907. The summed E-state index contributed by atoms with van der Waals surface area (Å²) < 4.78 is 10.6. The van der Waals surface area contributed by atoms with Gasteiger partial charge in [0.15, 0.2) is 0 Å². The van der Waals surface area contributed by atoms with Gasteiger partial charge < -0.3 is 14.2 Å². The van der Waals surface area contributed by atoms with E-state index in [2.05, 4.69) is 15.0 Å². The maximum absolute atomic E-state index is 12.7. The molecule has 0 bridgehead atoms. The predicted molar refractivity (Wildman–Crippen MR) is 109 cm³/mol. The normalized spacial score (nSPS) is 14.8. The van der Waals surface area contributed by atoms with Crippen LogP contribution in [-0.4, -0.2) is 59.1 Å². The van der Waals surface area contributed by atoms with E-state index in [9.17, 15) is 4.79 Å². The van der Waals surface area contributed by atoms with Crippen molar-refractivity contribution in [3.05, 3.63) is 65.5 Å². The Morgan fingerprint density at radius 2 is 1.86 bits per heavy atom. The average Bonchev–Trinajstić information content (AvgIpc) is 3.22. The summed E-state index contributed by atoms with van der Waals surface area (Å²) >= 11 is 0. The number of piperazine rings is 1. The fourth-order valence-electron chi connectivity index (χ4n) is 3.44. The molecule has 29 heavy (non-hydrogen) atoms. The van der Waals surface area contributed by atoms with Crippen molar-refractivity contribution in [1.82, 2.24) is 19.9 Å². The number of carbonyl (C=O) groups is 1. The molecular weight excluding hydrogens is 368 g/mol. The third kappa shape index (κ3) is 4.46. The molecule has 2 aromatic carbocycles. The van der Waals surface area contributed by atoms with Crippen LogP contribution in [0.4, 0.5) is 0 Å². The summed E-state index contributed by atoms with van der Waals surface area (Å²) in [6.45, 7) is 5.50. The van der Waals surface area contributed by atoms with Gasteiger partial charge in [-0.3, -0.25) is 9.69 Å². The molecule has 1 aliphatic rings. The number of ether oxygens (including phenoxy) is 1. The molecule has 4 rings (SSSR count). The van der Waals surface area contributed by atoms with Crippen molar-refractivity contribution in [3.8, 4) is 17.1 Å². The van der Waals surface area contributed by atoms with Gasteiger partial charge in [0.25, 0.3) is 5.91 Å². The zero-order chi connectivity index (χ0) is 20.2. The summed E-state index contributed by atoms with van der Waals surface area (Å²) in [5.74, 6) is 2.02. The lowest BCUT2D eigenvalue weighted by Gasteiger charge is -2.34. The van der Waals surface area contributed by atoms with E-state index in [1.165, 1.54) is 0 Å². The first kappa shape index (κ1) is 19.1. The topological polar surface area (TPSA) is 71.7 Å². The molecule has 3 aromatic rings. The van der Waals surface area contributed by atoms with Gasteiger partial charge in [-0.2, -0.15) is 4.98 Å². The second-order valence-electron chi connectivity index (χ2n) is 7.18. The molecule has 0 unspecified atom stereocenters. The van der Waals surface area contributed by atoms with Crippen LogP contribution in [0.5, 0.6) is 5.75 Å². The smallest absolute Gasteiger partial charge is 0.253 e. The van der Waals surface area contributed by atoms with Gasteiger partial charge in [0.1, 0.15) is 5.75 Å². The molecule has 1 saturated heterocycles. The molecule has 7 nitrogen and oxygen atoms in total. The highest BCUT2D eigenvalue weighted by Gasteiger charge is 2.23. The SMILES string of the molecule is COc1ccc(-c2noc(CN3CCN(C(=O)c4cccc(C)c4)CC3)n2)cc1. The molecule has 0 N–H and O–H groups in total. The first-order valence-corrected chi connectivity index (χ1v) is 9.68. The van der Waals surface area contributed by atoms with Crippen molar-refractivity contribution in [2.75, 3.05) is 33.3 Å². The van der Waals surface area contributed by atoms with Crippen LogP contribution in [0, 0.1) is 6.92 Å². The Hall–Kier alpha value is -3.19. The first-order valence-electron chi connectivity index (χ1n) is 9.68. The quantitative estimate of drug-likeness (QED) is 0.665. The zero-order valence-electron chi connectivity index (χ0n) is 16.7. The van der Waals surface area contributed by atoms with Crippen LogP contribution in [0.25, 0.3) is 11.4 Å². The highest BCUT2D eigenvalue weighted by Crippen LogP contribution is 2.20. The highest BCUT2D eigenvalue weighted by molar-refractivity contribution is 5.94. The van der Waals surface area contributed by atoms with Gasteiger partial charge in [-0.15, -0.1) is 0 Å². The number of aryl methyl sites for hydroxylation is 1. The lowest BCUT2D eigenvalue weighted by molar-refractivity contribution is 0.0615. The van der Waals surface area contributed by atoms with Crippen LogP contribution < -0.4 is 4.74 Å². The largest absolute Gasteiger partial charge is 0.497 e. The molecule has 7 heteroatoms. The summed E-state index contributed by atoms with van der Waals surface area (Å²) in [6, 6.07) is 15.3. The first-order chi connectivity index (χ1) is 14.1. The van der Waals surface area contributed by atoms with Crippen molar-refractivity contribution in [3.63, 3.8) is 0 Å². The number of aromatic nitrogens is 2. The van der Waals surface area contributed by atoms with E-state index < -0.39 is 0 Å². The van der Waals surface area contributed by atoms with Gasteiger partial charge in [-0.05, 0) is 43.3 Å². The molecular formula is C22H24N4O3. The Bertz CT molecular complexity index is 976. The molecule has 1 fully saturated rings. The van der Waals surface area contributed by atoms with E-state index in [0.717, 1.165) is 35.5 Å². The molecule has 1 aliphatic heterocycles. The standard InChI is InChI=1S/C22H24N4O3/c1-16-4-3-5-18(14-16)22(27)26-12-10-25(11-13-26)15-20-23-21(24-29-20)17-6-8-19(28-2)9-7-17/h3-9,14H,10-13,15H2,1-2H3. The fourth-order valence-corrected chi connectivity index (χ4v) is 3.44. The molecule has 0 radical (unpaired) electrons. The van der Waals surface area contributed by atoms with Crippen LogP contribution >= 0.6 is 0 Å². The minimum atomic E-state index is 0.0907. The van der Waals surface area contributed by atoms with Gasteiger partial charge in [0, 0.05) is 37.3 Å². The van der Waals surface area contributed by atoms with Gasteiger partial charge in [0.05, 0.1) is 13.7 Å². The Balaban J connectivity index is 1.33. The maximum Gasteiger partial charge on any atom is 0.253 e. The van der Waals surface area contributed by atoms with Gasteiger partial charge >= 0.3 is 0 Å². The van der Waals surface area contributed by atoms with Gasteiger partial charge in [-0.25, -0.2) is 0 Å². The number of rotatable bonds is 5.